The Labute approximate surface area is 161 Å². The molecule has 5 nitrogen and oxygen atoms in total. The average molecular weight is 371 g/mol. The first-order valence-electron chi connectivity index (χ1n) is 9.15. The lowest BCUT2D eigenvalue weighted by atomic mass is 9.94. The van der Waals surface area contributed by atoms with E-state index >= 15 is 0 Å². The van der Waals surface area contributed by atoms with Crippen molar-refractivity contribution in [3.05, 3.63) is 47.5 Å². The van der Waals surface area contributed by atoms with Crippen molar-refractivity contribution in [1.82, 2.24) is 4.90 Å². The quantitative estimate of drug-likeness (QED) is 0.716. The molecule has 5 heteroatoms. The predicted octanol–water partition coefficient (Wildman–Crippen LogP) is 4.19. The Morgan fingerprint density at radius 3 is 2.44 bits per heavy atom. The number of ether oxygens (including phenoxy) is 2. The summed E-state index contributed by atoms with van der Waals surface area (Å²) in [6, 6.07) is 11.9. The molecule has 0 saturated heterocycles. The lowest BCUT2D eigenvalue weighted by Gasteiger charge is -2.18. The average Bonchev–Trinajstić information content (AvgIpc) is 2.60. The van der Waals surface area contributed by atoms with Gasteiger partial charge in [-0.15, -0.1) is 0 Å². The van der Waals surface area contributed by atoms with E-state index < -0.39 is 5.97 Å². The summed E-state index contributed by atoms with van der Waals surface area (Å²) in [5.74, 6) is 0.849. The molecule has 27 heavy (non-hydrogen) atoms. The number of aryl methyl sites for hydroxylation is 1. The van der Waals surface area contributed by atoms with E-state index in [0.29, 0.717) is 18.3 Å². The maximum Gasteiger partial charge on any atom is 0.341 e. The Morgan fingerprint density at radius 1 is 1.11 bits per heavy atom. The molecule has 0 saturated carbocycles. The normalized spacial score (nSPS) is 11.1. The summed E-state index contributed by atoms with van der Waals surface area (Å²) in [6.45, 7) is 7.51. The molecule has 1 N–H and O–H groups in total. The monoisotopic (exact) mass is 371 g/mol. The number of benzene rings is 2. The Hall–Kier alpha value is -2.53. The highest BCUT2D eigenvalue weighted by Gasteiger charge is 2.12. The van der Waals surface area contributed by atoms with Gasteiger partial charge < -0.3 is 19.5 Å². The van der Waals surface area contributed by atoms with E-state index in [1.165, 1.54) is 5.56 Å². The molecule has 0 heterocycles. The first-order chi connectivity index (χ1) is 12.8. The standard InChI is InChI=1S/C22H29NO4/c1-15(2)20-13-17(6-9-21(20)26-11-10-23(4)5)19-8-7-18(12-16(19)3)27-14-22(24)25/h6-9,12-13,15H,10-11,14H2,1-5H3,(H,24,25). The van der Waals surface area contributed by atoms with Crippen molar-refractivity contribution in [2.45, 2.75) is 26.7 Å². The minimum atomic E-state index is -0.983. The number of carbonyl (C=O) groups is 1. The summed E-state index contributed by atoms with van der Waals surface area (Å²) in [4.78, 5) is 12.7. The van der Waals surface area contributed by atoms with Crippen LogP contribution in [0.2, 0.25) is 0 Å². The molecule has 2 aromatic carbocycles. The molecular formula is C22H29NO4. The highest BCUT2D eigenvalue weighted by molar-refractivity contribution is 5.71. The second-order valence-electron chi connectivity index (χ2n) is 7.22. The molecule has 2 rings (SSSR count). The third-order valence-electron chi connectivity index (χ3n) is 4.30. The molecular weight excluding hydrogens is 342 g/mol. The van der Waals surface area contributed by atoms with Gasteiger partial charge in [0.15, 0.2) is 6.61 Å². The van der Waals surface area contributed by atoms with E-state index in [1.807, 2.05) is 45.3 Å². The van der Waals surface area contributed by atoms with Gasteiger partial charge in [0.2, 0.25) is 0 Å². The molecule has 0 aliphatic rings. The lowest BCUT2D eigenvalue weighted by Crippen LogP contribution is -2.19. The lowest BCUT2D eigenvalue weighted by molar-refractivity contribution is -0.139. The number of carboxylic acid groups (broad SMARTS) is 1. The van der Waals surface area contributed by atoms with Crippen molar-refractivity contribution < 1.29 is 19.4 Å². The van der Waals surface area contributed by atoms with Crippen molar-refractivity contribution in [2.24, 2.45) is 0 Å². The predicted molar refractivity (Wildman–Crippen MR) is 108 cm³/mol. The zero-order valence-corrected chi connectivity index (χ0v) is 16.8. The van der Waals surface area contributed by atoms with Gasteiger partial charge in [-0.25, -0.2) is 4.79 Å². The number of carboxylic acids is 1. The number of hydrogen-bond acceptors (Lipinski definition) is 4. The van der Waals surface area contributed by atoms with Crippen LogP contribution in [0.15, 0.2) is 36.4 Å². The number of nitrogens with zero attached hydrogens (tertiary/aromatic N) is 1. The minimum Gasteiger partial charge on any atom is -0.492 e. The molecule has 0 unspecified atom stereocenters. The SMILES string of the molecule is Cc1cc(OCC(=O)O)ccc1-c1ccc(OCCN(C)C)c(C(C)C)c1. The molecule has 0 fully saturated rings. The fourth-order valence-electron chi connectivity index (χ4n) is 2.83. The molecule has 0 radical (unpaired) electrons. The minimum absolute atomic E-state index is 0.338. The summed E-state index contributed by atoms with van der Waals surface area (Å²) in [5, 5.41) is 8.74. The van der Waals surface area contributed by atoms with Gasteiger partial charge in [0.25, 0.3) is 0 Å². The second-order valence-corrected chi connectivity index (χ2v) is 7.22. The van der Waals surface area contributed by atoms with Gasteiger partial charge in [0.1, 0.15) is 18.1 Å². The van der Waals surface area contributed by atoms with E-state index in [-0.39, 0.29) is 6.61 Å². The highest BCUT2D eigenvalue weighted by atomic mass is 16.5. The van der Waals surface area contributed by atoms with Crippen LogP contribution in [0.3, 0.4) is 0 Å². The smallest absolute Gasteiger partial charge is 0.341 e. The summed E-state index contributed by atoms with van der Waals surface area (Å²) >= 11 is 0. The van der Waals surface area contributed by atoms with Crippen LogP contribution in [0.25, 0.3) is 11.1 Å². The molecule has 0 bridgehead atoms. The first kappa shape index (κ1) is 20.8. The largest absolute Gasteiger partial charge is 0.492 e. The summed E-state index contributed by atoms with van der Waals surface area (Å²) in [6.07, 6.45) is 0. The van der Waals surface area contributed by atoms with Gasteiger partial charge in [-0.2, -0.15) is 0 Å². The van der Waals surface area contributed by atoms with Gasteiger partial charge >= 0.3 is 5.97 Å². The molecule has 146 valence electrons. The second kappa shape index (κ2) is 9.42. The maximum absolute atomic E-state index is 10.7. The molecule has 2 aromatic rings. The number of likely N-dealkylation sites (N-methyl/N-ethyl adjacent to an activating group) is 1. The Bertz CT molecular complexity index is 784. The topological polar surface area (TPSA) is 59.0 Å². The number of rotatable bonds is 9. The Kier molecular flexibility index (Phi) is 7.25. The third-order valence-corrected chi connectivity index (χ3v) is 4.30. The van der Waals surface area contributed by atoms with Crippen LogP contribution in [-0.4, -0.2) is 49.8 Å². The Balaban J connectivity index is 2.25. The van der Waals surface area contributed by atoms with Crippen LogP contribution in [0.4, 0.5) is 0 Å². The fraction of sp³-hybridized carbons (Fsp3) is 0.409. The van der Waals surface area contributed by atoms with Crippen molar-refractivity contribution in [2.75, 3.05) is 33.9 Å². The summed E-state index contributed by atoms with van der Waals surface area (Å²) in [5.41, 5.74) is 4.42. The van der Waals surface area contributed by atoms with Crippen LogP contribution in [0, 0.1) is 6.92 Å². The molecule has 0 aliphatic heterocycles. The highest BCUT2D eigenvalue weighted by Crippen LogP contribution is 2.34. The van der Waals surface area contributed by atoms with E-state index in [2.05, 4.69) is 30.9 Å². The fourth-order valence-corrected chi connectivity index (χ4v) is 2.83. The zero-order chi connectivity index (χ0) is 20.0. The summed E-state index contributed by atoms with van der Waals surface area (Å²) < 4.78 is 11.2. The van der Waals surface area contributed by atoms with Crippen LogP contribution in [-0.2, 0) is 4.79 Å². The molecule has 0 amide bonds. The van der Waals surface area contributed by atoms with Crippen LogP contribution in [0.1, 0.15) is 30.9 Å². The van der Waals surface area contributed by atoms with Crippen molar-refractivity contribution in [3.63, 3.8) is 0 Å². The van der Waals surface area contributed by atoms with E-state index in [9.17, 15) is 4.79 Å². The van der Waals surface area contributed by atoms with Gasteiger partial charge in [-0.05, 0) is 73.5 Å². The number of aliphatic carboxylic acids is 1. The van der Waals surface area contributed by atoms with E-state index in [4.69, 9.17) is 14.6 Å². The van der Waals surface area contributed by atoms with Gasteiger partial charge in [-0.3, -0.25) is 0 Å². The maximum atomic E-state index is 10.7. The van der Waals surface area contributed by atoms with Crippen LogP contribution < -0.4 is 9.47 Å². The van der Waals surface area contributed by atoms with Crippen LogP contribution >= 0.6 is 0 Å². The van der Waals surface area contributed by atoms with Crippen molar-refractivity contribution in [1.29, 1.82) is 0 Å². The third kappa shape index (κ3) is 6.00. The van der Waals surface area contributed by atoms with Gasteiger partial charge in [0.05, 0.1) is 0 Å². The van der Waals surface area contributed by atoms with Gasteiger partial charge in [-0.1, -0.05) is 26.0 Å². The zero-order valence-electron chi connectivity index (χ0n) is 16.8. The van der Waals surface area contributed by atoms with E-state index in [0.717, 1.165) is 29.0 Å². The van der Waals surface area contributed by atoms with Crippen molar-refractivity contribution in [3.8, 4) is 22.6 Å². The first-order valence-corrected chi connectivity index (χ1v) is 9.15. The summed E-state index contributed by atoms with van der Waals surface area (Å²) in [7, 11) is 4.06. The van der Waals surface area contributed by atoms with E-state index in [1.54, 1.807) is 0 Å². The molecule has 0 aliphatic carbocycles. The molecule has 0 atom stereocenters. The van der Waals surface area contributed by atoms with Crippen molar-refractivity contribution >= 4 is 5.97 Å². The van der Waals surface area contributed by atoms with Gasteiger partial charge in [0, 0.05) is 6.54 Å². The molecule has 0 aromatic heterocycles. The number of hydrogen-bond donors (Lipinski definition) is 1. The Morgan fingerprint density at radius 2 is 1.85 bits per heavy atom. The molecule has 0 spiro atoms. The van der Waals surface area contributed by atoms with Crippen LogP contribution in [0.5, 0.6) is 11.5 Å².